The molecule has 3 atom stereocenters. The summed E-state index contributed by atoms with van der Waals surface area (Å²) in [6.07, 6.45) is 17.7. The average molecular weight is 2060 g/mol. The highest BCUT2D eigenvalue weighted by molar-refractivity contribution is 14.0. The molecule has 8 aromatic carbocycles. The number of hydrogen-bond donors (Lipinski definition) is 14. The van der Waals surface area contributed by atoms with Crippen LogP contribution in [0.1, 0.15) is 135 Å². The number of carbonyl (C=O) groups is 7. The fraction of sp³-hybridized carbons (Fsp3) is 0.365. The van der Waals surface area contributed by atoms with Gasteiger partial charge in [-0.05, 0) is 236 Å². The van der Waals surface area contributed by atoms with Gasteiger partial charge in [0.05, 0.1) is 24.7 Å². The van der Waals surface area contributed by atoms with Crippen molar-refractivity contribution in [2.75, 3.05) is 130 Å². The molecule has 726 valence electrons. The average Bonchev–Trinajstić information content (AvgIpc) is 0.829. The van der Waals surface area contributed by atoms with Crippen molar-refractivity contribution in [3.8, 4) is 0 Å². The largest absolute Gasteiger partial charge is 0.445 e. The fourth-order valence-electron chi connectivity index (χ4n) is 13.7. The minimum Gasteiger partial charge on any atom is -0.445 e. The van der Waals surface area contributed by atoms with Crippen LogP contribution in [0.3, 0.4) is 0 Å². The third-order valence-corrected chi connectivity index (χ3v) is 21.8. The molecule has 2 aromatic heterocycles. The Morgan fingerprint density at radius 3 is 1.39 bits per heavy atom. The van der Waals surface area contributed by atoms with Gasteiger partial charge in [0, 0.05) is 25.2 Å². The standard InChI is InChI=1S/C38H44N4O4.C28H39ClN10O2.C23H35N3O.C7H9ClN6OS.HI.3H2S/c1-41(2)22-11-23-42(27-36(43)32-15-7-4-8-16-32)35(37(39)44)26-31-18-20-33-24-29(17-19-34(33)25-31)12-9-10-21-40-38(45)46-28-30-13-5-3-6-14-30;1-39(2)13-5-12-34-21(26(32)40)16-18-8-10-19-14-17(7-9-20(19)15-18)6-3-4-11-35-28(33)38-27(41)22-24(30)37-25(31)23(29)36-22;1-4-5-6-8-18-9-11-21-16-19(10-12-20(21)15-18)17-22(23(24)27)25-13-7-14-26(2)3;1-16-7(11)14-6(15)2-4(9)13-5(10)3(8)12-2;;;;/h3-9,12-20,24-25,35H,10-11,21-23,26-28H2,1-2H3,(H2,39,44)(H,40,45);7-10,14-15,21,34H,3-6,11-13,16H2,1-2H3,(H2,32,40)(H4,30,31,37)(H3,33,35,38,41);9-12,15-16,22,25H,4-8,13-14,17H2,1-3H3,(H2,24,27);1H3,(H4,9,10,13)(H2,11,14,15);1H;3*1H2/b12-9+;;;;;;;/t35-;21-;22-;;;;;/m000...../s1. The van der Waals surface area contributed by atoms with Gasteiger partial charge in [-0.2, -0.15) is 40.5 Å². The molecule has 0 unspecified atom stereocenters. The van der Waals surface area contributed by atoms with Gasteiger partial charge in [0.15, 0.2) is 61.9 Å². The number of rotatable bonds is 44. The number of amides is 6. The lowest BCUT2D eigenvalue weighted by Gasteiger charge is -2.29. The van der Waals surface area contributed by atoms with E-state index in [1.54, 1.807) is 18.4 Å². The number of ether oxygens (including phenoxy) is 1. The fourth-order valence-corrected chi connectivity index (χ4v) is 14.2. The Morgan fingerprint density at radius 2 is 0.925 bits per heavy atom. The molecule has 0 saturated carbocycles. The number of Topliss-reactive ketones (excluding diaryl/α,β-unsaturated/α-hetero) is 1. The highest BCUT2D eigenvalue weighted by Gasteiger charge is 2.28. The van der Waals surface area contributed by atoms with Gasteiger partial charge in [-0.1, -0.05) is 231 Å². The number of nitrogens with two attached hydrogens (primary N) is 8. The number of hydrogen-bond acceptors (Lipinski definition) is 25. The van der Waals surface area contributed by atoms with E-state index in [0.29, 0.717) is 50.9 Å². The molecule has 0 bridgehead atoms. The number of nitrogen functional groups attached to an aromatic ring is 4. The first-order valence-corrected chi connectivity index (χ1v) is 45.2. The van der Waals surface area contributed by atoms with Gasteiger partial charge in [0.2, 0.25) is 17.7 Å². The molecule has 0 saturated heterocycles. The summed E-state index contributed by atoms with van der Waals surface area (Å²) in [5.74, 6) is -2.86. The van der Waals surface area contributed by atoms with E-state index in [0.717, 1.165) is 139 Å². The molecule has 0 aliphatic heterocycles. The minimum atomic E-state index is -0.668. The topological polar surface area (TPSA) is 498 Å². The third-order valence-electron chi connectivity index (χ3n) is 20.7. The smallest absolute Gasteiger partial charge is 0.407 e. The van der Waals surface area contributed by atoms with E-state index in [9.17, 15) is 33.6 Å². The monoisotopic (exact) mass is 2060 g/mol. The van der Waals surface area contributed by atoms with Crippen molar-refractivity contribution in [2.24, 2.45) is 27.9 Å². The molecule has 0 spiro atoms. The molecule has 0 aliphatic carbocycles. The first-order chi connectivity index (χ1) is 62.2. The van der Waals surface area contributed by atoms with E-state index >= 15 is 0 Å². The molecule has 0 fully saturated rings. The van der Waals surface area contributed by atoms with Crippen molar-refractivity contribution in [3.63, 3.8) is 0 Å². The number of anilines is 4. The second-order valence-corrected chi connectivity index (χ2v) is 33.7. The van der Waals surface area contributed by atoms with Crippen LogP contribution in [-0.4, -0.2) is 218 Å². The quantitative estimate of drug-likeness (QED) is 0.00554. The Labute approximate surface area is 839 Å². The summed E-state index contributed by atoms with van der Waals surface area (Å²) in [7, 11) is 12.2. The second kappa shape index (κ2) is 63.0. The van der Waals surface area contributed by atoms with Crippen LogP contribution in [0.2, 0.25) is 10.3 Å². The van der Waals surface area contributed by atoms with Crippen molar-refractivity contribution in [1.82, 2.24) is 66.1 Å². The number of guanidine groups is 1. The molecule has 31 nitrogen and oxygen atoms in total. The zero-order valence-corrected chi connectivity index (χ0v) is 85.2. The number of aliphatic imine (C=N–C) groups is 1. The van der Waals surface area contributed by atoms with Crippen LogP contribution in [0.5, 0.6) is 0 Å². The van der Waals surface area contributed by atoms with Crippen LogP contribution >= 0.6 is 99.4 Å². The van der Waals surface area contributed by atoms with Gasteiger partial charge >= 0.3 is 6.09 Å². The number of fused-ring (bicyclic) bond motifs is 3. The molecule has 0 radical (unpaired) electrons. The number of thioether (sulfide) groups is 1. The summed E-state index contributed by atoms with van der Waals surface area (Å²) in [6, 6.07) is 55.6. The molecule has 134 heavy (non-hydrogen) atoms. The molecule has 10 aromatic rings. The maximum absolute atomic E-state index is 13.1. The lowest BCUT2D eigenvalue weighted by Crippen LogP contribution is -2.49. The number of primary amides is 3. The zero-order chi connectivity index (χ0) is 94.6. The van der Waals surface area contributed by atoms with Crippen LogP contribution in [0.15, 0.2) is 181 Å². The normalized spacial score (nSPS) is 11.7. The van der Waals surface area contributed by atoms with Crippen LogP contribution in [-0.2, 0) is 57.8 Å². The van der Waals surface area contributed by atoms with E-state index in [1.807, 2.05) is 112 Å². The predicted octanol–water partition coefficient (Wildman–Crippen LogP) is 11.9. The number of nitrogens with zero attached hydrogens (tertiary/aromatic N) is 9. The Morgan fingerprint density at radius 1 is 0.493 bits per heavy atom. The summed E-state index contributed by atoms with van der Waals surface area (Å²) >= 11 is 12.5. The van der Waals surface area contributed by atoms with Crippen molar-refractivity contribution >= 4 is 214 Å². The van der Waals surface area contributed by atoms with Crippen LogP contribution < -0.4 is 72.5 Å². The molecule has 0 aliphatic rings. The van der Waals surface area contributed by atoms with Crippen molar-refractivity contribution < 1.29 is 38.3 Å². The molecule has 6 amide bonds. The van der Waals surface area contributed by atoms with E-state index in [-0.39, 0.29) is 157 Å². The Hall–Kier alpha value is -10.5. The van der Waals surface area contributed by atoms with Gasteiger partial charge in [-0.25, -0.2) is 24.7 Å². The Bertz CT molecular complexity index is 5470. The number of benzene rings is 8. The molecule has 38 heteroatoms. The maximum Gasteiger partial charge on any atom is 0.407 e. The summed E-state index contributed by atoms with van der Waals surface area (Å²) < 4.78 is 5.24. The minimum absolute atomic E-state index is 0. The second-order valence-electron chi connectivity index (χ2n) is 32.1. The number of ketones is 1. The number of carbonyl (C=O) groups excluding carboxylic acids is 7. The van der Waals surface area contributed by atoms with E-state index in [2.05, 4.69) is 178 Å². The van der Waals surface area contributed by atoms with Crippen LogP contribution in [0, 0.1) is 5.41 Å². The Kier molecular flexibility index (Phi) is 55.3. The van der Waals surface area contributed by atoms with Crippen LogP contribution in [0.4, 0.5) is 28.1 Å². The molecule has 22 N–H and O–H groups in total. The van der Waals surface area contributed by atoms with Crippen LogP contribution in [0.25, 0.3) is 38.4 Å². The van der Waals surface area contributed by atoms with Gasteiger partial charge in [0.1, 0.15) is 6.61 Å². The van der Waals surface area contributed by atoms with E-state index in [4.69, 9.17) is 79.2 Å². The first-order valence-electron chi connectivity index (χ1n) is 43.3. The van der Waals surface area contributed by atoms with E-state index < -0.39 is 35.9 Å². The Balaban J connectivity index is 0.000000482. The molecule has 2 heterocycles. The number of aryl methyl sites for hydroxylation is 2. The third kappa shape index (κ3) is 42.6. The van der Waals surface area contributed by atoms with Gasteiger partial charge < -0.3 is 86.6 Å². The van der Waals surface area contributed by atoms with Gasteiger partial charge in [0.25, 0.3) is 11.8 Å². The highest BCUT2D eigenvalue weighted by atomic mass is 127. The predicted molar refractivity (Wildman–Crippen MR) is 575 cm³/mol. The number of unbranched alkanes of at least 4 members (excludes halogenated alkanes) is 3. The molecular formula is C96H134Cl2IN23O8S4. The number of amidine groups is 1. The zero-order valence-electron chi connectivity index (χ0n) is 77.5. The van der Waals surface area contributed by atoms with E-state index in [1.165, 1.54) is 41.2 Å². The number of nitrogens with one attached hydrogen (secondary N) is 6. The maximum atomic E-state index is 13.1. The lowest BCUT2D eigenvalue weighted by atomic mass is 9.98. The lowest BCUT2D eigenvalue weighted by molar-refractivity contribution is -0.123. The summed E-state index contributed by atoms with van der Waals surface area (Å²) in [5, 5.41) is 27.9. The van der Waals surface area contributed by atoms with Crippen molar-refractivity contribution in [3.05, 3.63) is 242 Å². The number of aromatic nitrogens is 4. The van der Waals surface area contributed by atoms with Crippen molar-refractivity contribution in [1.29, 1.82) is 5.41 Å². The van der Waals surface area contributed by atoms with Gasteiger partial charge in [-0.15, -0.1) is 24.0 Å². The van der Waals surface area contributed by atoms with Crippen molar-refractivity contribution in [2.45, 2.75) is 122 Å². The van der Waals surface area contributed by atoms with Gasteiger partial charge in [-0.3, -0.25) is 49.4 Å². The summed E-state index contributed by atoms with van der Waals surface area (Å²) in [4.78, 5) is 113. The molecule has 10 rings (SSSR count). The number of halogens is 3. The summed E-state index contributed by atoms with van der Waals surface area (Å²) in [6.45, 7) is 8.41. The summed E-state index contributed by atoms with van der Waals surface area (Å²) in [5.41, 5.74) is 53.1. The molecular weight excluding hydrogens is 1930 g/mol. The number of alkyl carbamates (subject to hydrolysis) is 1. The first kappa shape index (κ1) is 118. The SMILES string of the molecule is CCCCCc1ccc2cc(C[C@H](NCCCN(C)C)C(N)=O)ccc2c1.CN(C)CCCN(CC(=O)c1ccccc1)[C@@H](Cc1ccc2cc(/C=C/CCNC(=O)OCc3ccccc3)ccc2c1)C(N)=O.CN(C)CCCN[C@@H](Cc1ccc2cc(CCCCN=C(N)NC(=O)c3nc(Cl)c(N)nc3N)ccc2c1)C(N)=O.CSC(=N)NC(=O)c1nc(Cl)c(N)nc1N.I.S.S.S. The highest BCUT2D eigenvalue weighted by Crippen LogP contribution is 2.26.